The molecule has 0 bridgehead atoms. The largest absolute Gasteiger partial charge is 0.379 e. The van der Waals surface area contributed by atoms with Crippen LogP contribution in [0, 0.1) is 0 Å². The summed E-state index contributed by atoms with van der Waals surface area (Å²) in [6.07, 6.45) is 4.59. The summed E-state index contributed by atoms with van der Waals surface area (Å²) in [5, 5.41) is 2.93. The molecule has 27 heavy (non-hydrogen) atoms. The van der Waals surface area contributed by atoms with Gasteiger partial charge in [-0.2, -0.15) is 4.31 Å². The molecule has 0 aromatic heterocycles. The van der Waals surface area contributed by atoms with Crippen LogP contribution in [0.25, 0.3) is 0 Å². The van der Waals surface area contributed by atoms with E-state index in [-0.39, 0.29) is 27.5 Å². The minimum absolute atomic E-state index is 0.00172. The van der Waals surface area contributed by atoms with E-state index in [4.69, 9.17) is 16.3 Å². The van der Waals surface area contributed by atoms with Crippen molar-refractivity contribution >= 4 is 27.5 Å². The van der Waals surface area contributed by atoms with Crippen LogP contribution in [0.4, 0.5) is 0 Å². The molecule has 1 aliphatic heterocycles. The fraction of sp³-hybridized carbons (Fsp3) is 0.632. The molecular weight excluding hydrogens is 388 g/mol. The van der Waals surface area contributed by atoms with Gasteiger partial charge in [-0.25, -0.2) is 8.42 Å². The maximum atomic E-state index is 13.0. The first kappa shape index (κ1) is 22.1. The van der Waals surface area contributed by atoms with Crippen LogP contribution in [0.5, 0.6) is 0 Å². The summed E-state index contributed by atoms with van der Waals surface area (Å²) < 4.78 is 32.9. The van der Waals surface area contributed by atoms with Crippen molar-refractivity contribution in [1.29, 1.82) is 0 Å². The van der Waals surface area contributed by atoms with E-state index >= 15 is 0 Å². The molecule has 0 atom stereocenters. The predicted molar refractivity (Wildman–Crippen MR) is 107 cm³/mol. The monoisotopic (exact) mass is 416 g/mol. The number of hydrogen-bond acceptors (Lipinski definition) is 4. The zero-order chi connectivity index (χ0) is 19.9. The molecule has 1 N–H and O–H groups in total. The molecule has 1 aliphatic rings. The van der Waals surface area contributed by atoms with Crippen molar-refractivity contribution in [3.63, 3.8) is 0 Å². The quantitative estimate of drug-likeness (QED) is 0.658. The lowest BCUT2D eigenvalue weighted by atomic mass is 10.2. The van der Waals surface area contributed by atoms with Gasteiger partial charge >= 0.3 is 0 Å². The zero-order valence-electron chi connectivity index (χ0n) is 16.0. The molecule has 0 unspecified atom stereocenters. The van der Waals surface area contributed by atoms with Gasteiger partial charge in [0.2, 0.25) is 10.0 Å². The number of hydrogen-bond donors (Lipinski definition) is 1. The van der Waals surface area contributed by atoms with Crippen LogP contribution in [0.1, 0.15) is 56.3 Å². The molecule has 0 spiro atoms. The molecule has 1 fully saturated rings. The average molecular weight is 417 g/mol. The first-order valence-electron chi connectivity index (χ1n) is 9.52. The molecule has 1 amide bonds. The first-order chi connectivity index (χ1) is 12.8. The summed E-state index contributed by atoms with van der Waals surface area (Å²) in [5.41, 5.74) is 0.289. The molecule has 0 radical (unpaired) electrons. The third-order valence-corrected chi connectivity index (χ3v) is 6.81. The van der Waals surface area contributed by atoms with Crippen LogP contribution in [0.3, 0.4) is 0 Å². The highest BCUT2D eigenvalue weighted by Crippen LogP contribution is 2.27. The van der Waals surface area contributed by atoms with Crippen molar-refractivity contribution in [2.24, 2.45) is 0 Å². The van der Waals surface area contributed by atoms with Crippen molar-refractivity contribution in [3.05, 3.63) is 28.8 Å². The lowest BCUT2D eigenvalue weighted by molar-refractivity contribution is 0.0757. The summed E-state index contributed by atoms with van der Waals surface area (Å²) in [6.45, 7) is 5.92. The smallest absolute Gasteiger partial charge is 0.251 e. The van der Waals surface area contributed by atoms with Crippen LogP contribution in [-0.2, 0) is 14.8 Å². The van der Waals surface area contributed by atoms with Gasteiger partial charge in [-0.3, -0.25) is 4.79 Å². The standard InChI is InChI=1S/C19H29ClN2O4S/c1-15(2)26-13-7-10-21-19(23)16-8-9-17(20)18(14-16)27(24,25)22-11-5-3-4-6-12-22/h8-9,14-15H,3-7,10-13H2,1-2H3,(H,21,23). The van der Waals surface area contributed by atoms with Gasteiger partial charge in [-0.05, 0) is 51.3 Å². The maximum absolute atomic E-state index is 13.0. The Morgan fingerprint density at radius 2 is 1.89 bits per heavy atom. The average Bonchev–Trinajstić information content (AvgIpc) is 2.91. The first-order valence-corrected chi connectivity index (χ1v) is 11.3. The van der Waals surface area contributed by atoms with Crippen LogP contribution in [0.15, 0.2) is 23.1 Å². The van der Waals surface area contributed by atoms with E-state index in [9.17, 15) is 13.2 Å². The lowest BCUT2D eigenvalue weighted by Crippen LogP contribution is -2.32. The highest BCUT2D eigenvalue weighted by molar-refractivity contribution is 7.89. The molecule has 8 heteroatoms. The molecule has 1 aromatic carbocycles. The topological polar surface area (TPSA) is 75.7 Å². The molecule has 0 saturated carbocycles. The van der Waals surface area contributed by atoms with Crippen LogP contribution in [0.2, 0.25) is 5.02 Å². The predicted octanol–water partition coefficient (Wildman–Crippen LogP) is 3.45. The number of carbonyl (C=O) groups is 1. The number of nitrogens with one attached hydrogen (secondary N) is 1. The van der Waals surface area contributed by atoms with E-state index in [1.54, 1.807) is 6.07 Å². The van der Waals surface area contributed by atoms with Gasteiger partial charge in [0.1, 0.15) is 4.90 Å². The summed E-state index contributed by atoms with van der Waals surface area (Å²) in [7, 11) is -3.71. The molecule has 6 nitrogen and oxygen atoms in total. The van der Waals surface area contributed by atoms with Crippen LogP contribution >= 0.6 is 11.6 Å². The van der Waals surface area contributed by atoms with Crippen molar-refractivity contribution in [2.75, 3.05) is 26.2 Å². The lowest BCUT2D eigenvalue weighted by Gasteiger charge is -2.21. The normalized spacial score (nSPS) is 16.3. The molecule has 1 heterocycles. The number of halogens is 1. The zero-order valence-corrected chi connectivity index (χ0v) is 17.6. The summed E-state index contributed by atoms with van der Waals surface area (Å²) in [6, 6.07) is 4.40. The Kier molecular flexibility index (Phi) is 8.54. The number of ether oxygens (including phenoxy) is 1. The summed E-state index contributed by atoms with van der Waals surface area (Å²) in [4.78, 5) is 12.4. The van der Waals surface area contributed by atoms with Gasteiger partial charge in [0, 0.05) is 31.8 Å². The van der Waals surface area contributed by atoms with Gasteiger partial charge in [0.15, 0.2) is 0 Å². The highest BCUT2D eigenvalue weighted by atomic mass is 35.5. The summed E-state index contributed by atoms with van der Waals surface area (Å²) >= 11 is 6.17. The van der Waals surface area contributed by atoms with E-state index in [1.807, 2.05) is 13.8 Å². The van der Waals surface area contributed by atoms with E-state index in [1.165, 1.54) is 16.4 Å². The second-order valence-electron chi connectivity index (χ2n) is 6.99. The summed E-state index contributed by atoms with van der Waals surface area (Å²) in [5.74, 6) is -0.316. The van der Waals surface area contributed by atoms with E-state index in [2.05, 4.69) is 5.32 Å². The third-order valence-electron chi connectivity index (χ3n) is 4.43. The van der Waals surface area contributed by atoms with Crippen LogP contribution < -0.4 is 5.32 Å². The minimum atomic E-state index is -3.71. The highest BCUT2D eigenvalue weighted by Gasteiger charge is 2.28. The Hall–Kier alpha value is -1.15. The number of rotatable bonds is 8. The maximum Gasteiger partial charge on any atom is 0.251 e. The number of benzene rings is 1. The van der Waals surface area contributed by atoms with Gasteiger partial charge in [0.05, 0.1) is 11.1 Å². The van der Waals surface area contributed by atoms with Gasteiger partial charge in [-0.15, -0.1) is 0 Å². The second-order valence-corrected chi connectivity index (χ2v) is 9.31. The Balaban J connectivity index is 2.07. The molecule has 2 rings (SSSR count). The number of carbonyl (C=O) groups excluding carboxylic acids is 1. The van der Waals surface area contributed by atoms with Gasteiger partial charge in [-0.1, -0.05) is 24.4 Å². The Morgan fingerprint density at radius 1 is 1.22 bits per heavy atom. The third kappa shape index (κ3) is 6.45. The molecular formula is C19H29ClN2O4S. The van der Waals surface area contributed by atoms with Crippen molar-refractivity contribution < 1.29 is 17.9 Å². The molecule has 1 saturated heterocycles. The minimum Gasteiger partial charge on any atom is -0.379 e. The molecule has 1 aromatic rings. The Labute approximate surface area is 167 Å². The molecule has 152 valence electrons. The number of nitrogens with zero attached hydrogens (tertiary/aromatic N) is 1. The van der Waals surface area contributed by atoms with Crippen molar-refractivity contribution in [2.45, 2.75) is 57.0 Å². The fourth-order valence-electron chi connectivity index (χ4n) is 2.96. The molecule has 0 aliphatic carbocycles. The fourth-order valence-corrected chi connectivity index (χ4v) is 4.98. The van der Waals surface area contributed by atoms with E-state index < -0.39 is 10.0 Å². The van der Waals surface area contributed by atoms with E-state index in [0.717, 1.165) is 25.7 Å². The van der Waals surface area contributed by atoms with E-state index in [0.29, 0.717) is 32.7 Å². The number of sulfonamides is 1. The Morgan fingerprint density at radius 3 is 2.52 bits per heavy atom. The Bertz CT molecular complexity index is 729. The second kappa shape index (κ2) is 10.4. The van der Waals surface area contributed by atoms with Crippen molar-refractivity contribution in [1.82, 2.24) is 9.62 Å². The SMILES string of the molecule is CC(C)OCCCNC(=O)c1ccc(Cl)c(S(=O)(=O)N2CCCCCC2)c1. The van der Waals surface area contributed by atoms with Crippen LogP contribution in [-0.4, -0.2) is 51.0 Å². The van der Waals surface area contributed by atoms with Gasteiger partial charge in [0.25, 0.3) is 5.91 Å². The van der Waals surface area contributed by atoms with Gasteiger partial charge < -0.3 is 10.1 Å². The number of amides is 1. The van der Waals surface area contributed by atoms with Crippen molar-refractivity contribution in [3.8, 4) is 0 Å².